The van der Waals surface area contributed by atoms with Crippen molar-refractivity contribution in [3.05, 3.63) is 89.5 Å². The third-order valence-corrected chi connectivity index (χ3v) is 11.1. The Hall–Kier alpha value is -1.91. The molecule has 1 heteroatoms. The molecule has 26 heavy (non-hydrogen) atoms. The zero-order valence-corrected chi connectivity index (χ0v) is 17.8. The van der Waals surface area contributed by atoms with Crippen LogP contribution < -0.4 is 15.9 Å². The van der Waals surface area contributed by atoms with Gasteiger partial charge in [0, 0.05) is 0 Å². The smallest absolute Gasteiger partial charge is 0.0617 e. The van der Waals surface area contributed by atoms with Crippen molar-refractivity contribution in [2.45, 2.75) is 46.7 Å². The number of rotatable bonds is 3. The normalized spacial score (nSPS) is 12.2. The molecule has 0 unspecified atom stereocenters. The van der Waals surface area contributed by atoms with Crippen LogP contribution in [0.15, 0.2) is 72.8 Å². The van der Waals surface area contributed by atoms with Crippen molar-refractivity contribution in [2.75, 3.05) is 0 Å². The van der Waals surface area contributed by atoms with Crippen molar-refractivity contribution in [3.63, 3.8) is 0 Å². The fraction of sp³-hybridized carbons (Fsp3) is 0.280. The zero-order chi connectivity index (χ0) is 18.9. The average molecular weight is 361 g/mol. The Labute approximate surface area is 159 Å². The second kappa shape index (κ2) is 7.01. The Morgan fingerprint density at radius 3 is 1.00 bits per heavy atom. The van der Waals surface area contributed by atoms with Gasteiger partial charge in [-0.25, -0.2) is 0 Å². The molecule has 0 aliphatic rings. The quantitative estimate of drug-likeness (QED) is 0.525. The third-order valence-electron chi connectivity index (χ3n) is 5.44. The van der Waals surface area contributed by atoms with Crippen LogP contribution in [0, 0.1) is 20.8 Å². The van der Waals surface area contributed by atoms with Crippen LogP contribution in [0.2, 0.25) is 0 Å². The lowest BCUT2D eigenvalue weighted by Crippen LogP contribution is -2.45. The lowest BCUT2D eigenvalue weighted by Gasteiger charge is -2.40. The maximum atomic E-state index is 2.42. The van der Waals surface area contributed by atoms with Gasteiger partial charge in [-0.3, -0.25) is 0 Å². The summed E-state index contributed by atoms with van der Waals surface area (Å²) in [7, 11) is -1.85. The largest absolute Gasteiger partial charge is 0.118 e. The van der Waals surface area contributed by atoms with E-state index in [4.69, 9.17) is 0 Å². The summed E-state index contributed by atoms with van der Waals surface area (Å²) in [5, 5.41) is 4.64. The molecule has 0 aromatic heterocycles. The Morgan fingerprint density at radius 2 is 0.769 bits per heavy atom. The molecule has 0 saturated carbocycles. The van der Waals surface area contributed by atoms with E-state index in [9.17, 15) is 0 Å². The molecule has 0 fully saturated rings. The van der Waals surface area contributed by atoms with Gasteiger partial charge in [0.1, 0.15) is 23.2 Å². The van der Waals surface area contributed by atoms with Gasteiger partial charge in [-0.05, 0) is 76.4 Å². The molecule has 0 heterocycles. The fourth-order valence-corrected chi connectivity index (χ4v) is 9.98. The van der Waals surface area contributed by atoms with Gasteiger partial charge in [-0.1, -0.05) is 54.6 Å². The minimum Gasteiger partial charge on any atom is -0.0617 e. The van der Waals surface area contributed by atoms with Crippen molar-refractivity contribution in [2.24, 2.45) is 0 Å². The van der Waals surface area contributed by atoms with Crippen LogP contribution in [-0.2, 0) is 0 Å². The van der Waals surface area contributed by atoms with Gasteiger partial charge in [0.15, 0.2) is 0 Å². The first-order chi connectivity index (χ1) is 12.3. The minimum atomic E-state index is -1.85. The van der Waals surface area contributed by atoms with E-state index in [2.05, 4.69) is 114 Å². The highest BCUT2D eigenvalue weighted by molar-refractivity contribution is 7.97. The maximum Gasteiger partial charge on any atom is 0.118 e. The molecule has 0 spiro atoms. The van der Waals surface area contributed by atoms with Gasteiger partial charge in [0.05, 0.1) is 5.16 Å². The average Bonchev–Trinajstić information content (AvgIpc) is 2.59. The van der Waals surface area contributed by atoms with E-state index in [1.54, 1.807) is 0 Å². The minimum absolute atomic E-state index is 0.108. The van der Waals surface area contributed by atoms with E-state index in [-0.39, 0.29) is 5.16 Å². The first kappa shape index (κ1) is 18.9. The lowest BCUT2D eigenvalue weighted by atomic mass is 10.2. The molecule has 134 valence electrons. The highest BCUT2D eigenvalue weighted by atomic mass is 31.2. The topological polar surface area (TPSA) is 0 Å². The molecule has 0 bridgehead atoms. The summed E-state index contributed by atoms with van der Waals surface area (Å²) in [5.74, 6) is 0. The molecule has 0 aliphatic heterocycles. The number of hydrogen-bond acceptors (Lipinski definition) is 0. The maximum absolute atomic E-state index is 2.42. The number of benzene rings is 3. The van der Waals surface area contributed by atoms with E-state index in [1.807, 2.05) is 0 Å². The van der Waals surface area contributed by atoms with Crippen molar-refractivity contribution >= 4 is 23.2 Å². The van der Waals surface area contributed by atoms with Crippen molar-refractivity contribution in [1.29, 1.82) is 0 Å². The summed E-state index contributed by atoms with van der Waals surface area (Å²) in [6.07, 6.45) is 0. The van der Waals surface area contributed by atoms with Gasteiger partial charge in [-0.2, -0.15) is 0 Å². The number of hydrogen-bond donors (Lipinski definition) is 0. The monoisotopic (exact) mass is 361 g/mol. The van der Waals surface area contributed by atoms with Gasteiger partial charge in [0.2, 0.25) is 0 Å². The summed E-state index contributed by atoms with van der Waals surface area (Å²) in [5.41, 5.74) is 4.17. The third kappa shape index (κ3) is 2.91. The fourth-order valence-electron chi connectivity index (χ4n) is 4.29. The van der Waals surface area contributed by atoms with Gasteiger partial charge >= 0.3 is 0 Å². The van der Waals surface area contributed by atoms with Crippen molar-refractivity contribution < 1.29 is 0 Å². The molecule has 3 aromatic carbocycles. The molecular formula is C25H30P+. The van der Waals surface area contributed by atoms with E-state index in [0.29, 0.717) is 0 Å². The molecule has 0 amide bonds. The molecule has 0 N–H and O–H groups in total. The van der Waals surface area contributed by atoms with E-state index in [0.717, 1.165) is 0 Å². The summed E-state index contributed by atoms with van der Waals surface area (Å²) in [6.45, 7) is 14.1. The van der Waals surface area contributed by atoms with Crippen LogP contribution in [0.5, 0.6) is 0 Å². The molecule has 0 radical (unpaired) electrons. The summed E-state index contributed by atoms with van der Waals surface area (Å²) < 4.78 is 0. The highest BCUT2D eigenvalue weighted by Crippen LogP contribution is 2.66. The van der Waals surface area contributed by atoms with Crippen LogP contribution in [0.3, 0.4) is 0 Å². The summed E-state index contributed by atoms with van der Waals surface area (Å²) in [6, 6.07) is 27.0. The molecule has 0 atom stereocenters. The van der Waals surface area contributed by atoms with Crippen molar-refractivity contribution in [3.8, 4) is 0 Å². The second-order valence-corrected chi connectivity index (χ2v) is 12.3. The van der Waals surface area contributed by atoms with Crippen molar-refractivity contribution in [1.82, 2.24) is 0 Å². The SMILES string of the molecule is Cc1ccccc1[P+](c1ccccc1C)(c1ccccc1C)C(C)(C)C. The summed E-state index contributed by atoms with van der Waals surface area (Å²) >= 11 is 0. The molecule has 3 aromatic rings. The van der Waals surface area contributed by atoms with E-state index in [1.165, 1.54) is 32.6 Å². The van der Waals surface area contributed by atoms with Crippen LogP contribution in [-0.4, -0.2) is 5.16 Å². The summed E-state index contributed by atoms with van der Waals surface area (Å²) in [4.78, 5) is 0. The van der Waals surface area contributed by atoms with E-state index >= 15 is 0 Å². The van der Waals surface area contributed by atoms with Crippen LogP contribution in [0.25, 0.3) is 0 Å². The van der Waals surface area contributed by atoms with Crippen LogP contribution in [0.4, 0.5) is 0 Å². The molecule has 0 aliphatic carbocycles. The van der Waals surface area contributed by atoms with Crippen LogP contribution >= 0.6 is 7.26 Å². The van der Waals surface area contributed by atoms with Gasteiger partial charge in [0.25, 0.3) is 0 Å². The Morgan fingerprint density at radius 1 is 0.500 bits per heavy atom. The highest BCUT2D eigenvalue weighted by Gasteiger charge is 2.57. The lowest BCUT2D eigenvalue weighted by molar-refractivity contribution is 0.786. The standard InChI is InChI=1S/C25H30P/c1-19-13-7-10-16-22(19)26(25(4,5)6,23-17-11-8-14-20(23)2)24-18-12-9-15-21(24)3/h7-18H,1-6H3/q+1. The van der Waals surface area contributed by atoms with Gasteiger partial charge in [-0.15, -0.1) is 0 Å². The Balaban J connectivity index is 2.56. The predicted octanol–water partition coefficient (Wildman–Crippen LogP) is 5.70. The van der Waals surface area contributed by atoms with Crippen LogP contribution in [0.1, 0.15) is 37.5 Å². The van der Waals surface area contributed by atoms with E-state index < -0.39 is 7.26 Å². The van der Waals surface area contributed by atoms with Gasteiger partial charge < -0.3 is 0 Å². The Bertz CT molecular complexity index is 804. The second-order valence-electron chi connectivity index (χ2n) is 8.20. The number of aryl methyl sites for hydroxylation is 3. The molecule has 0 saturated heterocycles. The molecular weight excluding hydrogens is 331 g/mol. The predicted molar refractivity (Wildman–Crippen MR) is 119 cm³/mol. The first-order valence-corrected chi connectivity index (χ1v) is 11.2. The molecule has 3 rings (SSSR count). The first-order valence-electron chi connectivity index (χ1n) is 9.38. The zero-order valence-electron chi connectivity index (χ0n) is 16.9. The Kier molecular flexibility index (Phi) is 5.09. The molecule has 0 nitrogen and oxygen atoms in total.